The highest BCUT2D eigenvalue weighted by Crippen LogP contribution is 2.37. The van der Waals surface area contributed by atoms with Crippen molar-refractivity contribution in [3.63, 3.8) is 0 Å². The molecule has 0 saturated carbocycles. The number of hydrogen-bond acceptors (Lipinski definition) is 3. The van der Waals surface area contributed by atoms with Gasteiger partial charge in [0.25, 0.3) is 0 Å². The van der Waals surface area contributed by atoms with Gasteiger partial charge in [0.15, 0.2) is 11.5 Å². The van der Waals surface area contributed by atoms with Crippen molar-refractivity contribution in [3.8, 4) is 28.2 Å². The van der Waals surface area contributed by atoms with Crippen molar-refractivity contribution in [2.24, 2.45) is 0 Å². The lowest BCUT2D eigenvalue weighted by atomic mass is 10.1. The van der Waals surface area contributed by atoms with E-state index in [1.807, 2.05) is 60.8 Å². The molecular weight excluding hydrogens is 418 g/mol. The summed E-state index contributed by atoms with van der Waals surface area (Å²) >= 11 is 0. The highest BCUT2D eigenvalue weighted by atomic mass is 16.3. The third-order valence-corrected chi connectivity index (χ3v) is 6.26. The molecule has 0 amide bonds. The van der Waals surface area contributed by atoms with Crippen LogP contribution in [-0.2, 0) is 0 Å². The molecule has 0 bridgehead atoms. The normalized spacial score (nSPS) is 11.5. The van der Waals surface area contributed by atoms with Crippen molar-refractivity contribution in [2.45, 2.75) is 0 Å². The first-order chi connectivity index (χ1) is 16.9. The van der Waals surface area contributed by atoms with E-state index < -0.39 is 0 Å². The Balaban J connectivity index is 1.54. The van der Waals surface area contributed by atoms with Gasteiger partial charge in [0.2, 0.25) is 0 Å². The molecule has 7 rings (SSSR count). The van der Waals surface area contributed by atoms with Crippen LogP contribution in [0, 0.1) is 0 Å². The molecule has 0 atom stereocenters. The van der Waals surface area contributed by atoms with Crippen LogP contribution >= 0.6 is 0 Å². The lowest BCUT2D eigenvalue weighted by Crippen LogP contribution is -1.98. The quantitative estimate of drug-likeness (QED) is 0.285. The highest BCUT2D eigenvalue weighted by Gasteiger charge is 2.20. The number of imidazole rings is 1. The molecule has 0 spiro atoms. The molecule has 0 radical (unpaired) electrons. The van der Waals surface area contributed by atoms with Gasteiger partial charge in [-0.2, -0.15) is 0 Å². The summed E-state index contributed by atoms with van der Waals surface area (Å²) in [5.74, 6) is 0.809. The van der Waals surface area contributed by atoms with E-state index in [1.54, 1.807) is 0 Å². The summed E-state index contributed by atoms with van der Waals surface area (Å²) in [6.07, 6.45) is 1.92. The monoisotopic (exact) mass is 437 g/mol. The Morgan fingerprint density at radius 1 is 0.647 bits per heavy atom. The van der Waals surface area contributed by atoms with Gasteiger partial charge in [-0.25, -0.2) is 9.97 Å². The van der Waals surface area contributed by atoms with E-state index in [-0.39, 0.29) is 0 Å². The maximum absolute atomic E-state index is 6.34. The molecule has 34 heavy (non-hydrogen) atoms. The Morgan fingerprint density at radius 3 is 2.24 bits per heavy atom. The molecule has 0 unspecified atom stereocenters. The fourth-order valence-electron chi connectivity index (χ4n) is 4.68. The zero-order valence-electron chi connectivity index (χ0n) is 18.2. The van der Waals surface area contributed by atoms with E-state index in [9.17, 15) is 0 Å². The Kier molecular flexibility index (Phi) is 4.11. The van der Waals surface area contributed by atoms with E-state index in [0.717, 1.165) is 61.3 Å². The summed E-state index contributed by atoms with van der Waals surface area (Å²) < 4.78 is 8.46. The second-order valence-corrected chi connectivity index (χ2v) is 8.32. The molecule has 4 aromatic carbocycles. The van der Waals surface area contributed by atoms with Crippen molar-refractivity contribution in [2.75, 3.05) is 0 Å². The van der Waals surface area contributed by atoms with Crippen LogP contribution in [0.25, 0.3) is 61.3 Å². The van der Waals surface area contributed by atoms with Crippen molar-refractivity contribution in [1.82, 2.24) is 14.5 Å². The topological polar surface area (TPSA) is 43.9 Å². The SMILES string of the molecule is c1ccc(-c2cnc3c(c2)nc(-c2cccc4c2oc2ccccc24)n3-c2ccccc2)cc1. The summed E-state index contributed by atoms with van der Waals surface area (Å²) in [6, 6.07) is 37.0. The zero-order chi connectivity index (χ0) is 22.5. The largest absolute Gasteiger partial charge is 0.455 e. The third-order valence-electron chi connectivity index (χ3n) is 6.26. The minimum atomic E-state index is 0.809. The van der Waals surface area contributed by atoms with Crippen LogP contribution in [0.2, 0.25) is 0 Å². The number of aromatic nitrogens is 3. The minimum absolute atomic E-state index is 0.809. The standard InChI is InChI=1S/C30H19N3O/c1-3-10-20(11-4-1)21-18-26-30(31-19-21)33(22-12-5-2-6-13-22)29(32-26)25-16-9-15-24-23-14-7-8-17-27(23)34-28(24)25/h1-19H. The number of fused-ring (bicyclic) bond motifs is 4. The Morgan fingerprint density at radius 2 is 1.38 bits per heavy atom. The number of pyridine rings is 1. The minimum Gasteiger partial charge on any atom is -0.455 e. The number of nitrogens with zero attached hydrogens (tertiary/aromatic N) is 3. The molecule has 0 aliphatic rings. The number of rotatable bonds is 3. The summed E-state index contributed by atoms with van der Waals surface area (Å²) in [5.41, 5.74) is 7.47. The average Bonchev–Trinajstić information content (AvgIpc) is 3.48. The maximum atomic E-state index is 6.34. The zero-order valence-corrected chi connectivity index (χ0v) is 18.2. The lowest BCUT2D eigenvalue weighted by Gasteiger charge is -2.09. The molecule has 0 aliphatic carbocycles. The highest BCUT2D eigenvalue weighted by molar-refractivity contribution is 6.09. The lowest BCUT2D eigenvalue weighted by molar-refractivity contribution is 0.669. The molecule has 0 saturated heterocycles. The van der Waals surface area contributed by atoms with Crippen molar-refractivity contribution in [3.05, 3.63) is 115 Å². The van der Waals surface area contributed by atoms with Crippen LogP contribution in [0.1, 0.15) is 0 Å². The van der Waals surface area contributed by atoms with Crippen LogP contribution in [0.15, 0.2) is 120 Å². The van der Waals surface area contributed by atoms with Gasteiger partial charge >= 0.3 is 0 Å². The van der Waals surface area contributed by atoms with E-state index in [2.05, 4.69) is 59.2 Å². The third kappa shape index (κ3) is 2.86. The summed E-state index contributed by atoms with van der Waals surface area (Å²) in [4.78, 5) is 9.98. The second-order valence-electron chi connectivity index (χ2n) is 8.32. The molecule has 3 heterocycles. The number of para-hydroxylation sites is 3. The summed E-state index contributed by atoms with van der Waals surface area (Å²) in [5, 5.41) is 2.18. The number of furan rings is 1. The van der Waals surface area contributed by atoms with E-state index in [1.165, 1.54) is 0 Å². The van der Waals surface area contributed by atoms with Gasteiger partial charge in [0.05, 0.1) is 5.56 Å². The van der Waals surface area contributed by atoms with Gasteiger partial charge in [-0.05, 0) is 35.9 Å². The summed E-state index contributed by atoms with van der Waals surface area (Å²) in [6.45, 7) is 0. The number of hydrogen-bond donors (Lipinski definition) is 0. The van der Waals surface area contributed by atoms with Crippen LogP contribution in [0.4, 0.5) is 0 Å². The summed E-state index contributed by atoms with van der Waals surface area (Å²) in [7, 11) is 0. The van der Waals surface area contributed by atoms with E-state index in [4.69, 9.17) is 14.4 Å². The van der Waals surface area contributed by atoms with Gasteiger partial charge in [0, 0.05) is 28.2 Å². The van der Waals surface area contributed by atoms with Gasteiger partial charge in [-0.3, -0.25) is 4.57 Å². The molecule has 4 nitrogen and oxygen atoms in total. The first-order valence-electron chi connectivity index (χ1n) is 11.3. The molecule has 0 fully saturated rings. The average molecular weight is 438 g/mol. The van der Waals surface area contributed by atoms with Crippen LogP contribution < -0.4 is 0 Å². The predicted octanol–water partition coefficient (Wildman–Crippen LogP) is 7.65. The molecule has 3 aromatic heterocycles. The molecule has 0 aliphatic heterocycles. The Hall–Kier alpha value is -4.70. The predicted molar refractivity (Wildman–Crippen MR) is 137 cm³/mol. The smallest absolute Gasteiger partial charge is 0.164 e. The first-order valence-corrected chi connectivity index (χ1v) is 11.3. The van der Waals surface area contributed by atoms with Gasteiger partial charge in [-0.15, -0.1) is 0 Å². The maximum Gasteiger partial charge on any atom is 0.164 e. The van der Waals surface area contributed by atoms with E-state index >= 15 is 0 Å². The van der Waals surface area contributed by atoms with Crippen LogP contribution in [0.3, 0.4) is 0 Å². The molecule has 0 N–H and O–H groups in total. The first kappa shape index (κ1) is 18.8. The fourth-order valence-corrected chi connectivity index (χ4v) is 4.68. The van der Waals surface area contributed by atoms with Gasteiger partial charge in [0.1, 0.15) is 16.7 Å². The molecule has 4 heteroatoms. The Bertz CT molecular complexity index is 1800. The fraction of sp³-hybridized carbons (Fsp3) is 0. The molecule has 160 valence electrons. The van der Waals surface area contributed by atoms with Gasteiger partial charge < -0.3 is 4.42 Å². The van der Waals surface area contributed by atoms with Crippen molar-refractivity contribution in [1.29, 1.82) is 0 Å². The van der Waals surface area contributed by atoms with Gasteiger partial charge in [-0.1, -0.05) is 78.9 Å². The van der Waals surface area contributed by atoms with Crippen LogP contribution in [-0.4, -0.2) is 14.5 Å². The second kappa shape index (κ2) is 7.42. The number of benzene rings is 4. The molecular formula is C30H19N3O. The van der Waals surface area contributed by atoms with Crippen molar-refractivity contribution >= 4 is 33.1 Å². The van der Waals surface area contributed by atoms with Crippen molar-refractivity contribution < 1.29 is 4.42 Å². The van der Waals surface area contributed by atoms with E-state index in [0.29, 0.717) is 0 Å². The Labute approximate surface area is 195 Å². The molecule has 7 aromatic rings. The van der Waals surface area contributed by atoms with Crippen LogP contribution in [0.5, 0.6) is 0 Å².